The van der Waals surface area contributed by atoms with Crippen molar-refractivity contribution in [1.82, 2.24) is 4.90 Å². The van der Waals surface area contributed by atoms with Crippen LogP contribution in [0.4, 0.5) is 0 Å². The number of hydrogen-bond donors (Lipinski definition) is 1. The van der Waals surface area contributed by atoms with E-state index in [-0.39, 0.29) is 0 Å². The van der Waals surface area contributed by atoms with Gasteiger partial charge in [-0.3, -0.25) is 0 Å². The molecule has 2 fully saturated rings. The summed E-state index contributed by atoms with van der Waals surface area (Å²) in [5.74, 6) is 0.710. The standard InChI is InChI=1S/C16H22N2S/c17-15(19)10-16(7-8-16)12-18-9-6-14(11-18)13-4-2-1-3-5-13/h1-5,14H,6-12H2,(H2,17,19). The average Bonchev–Trinajstić information content (AvgIpc) is 2.97. The van der Waals surface area contributed by atoms with E-state index in [0.29, 0.717) is 16.3 Å². The van der Waals surface area contributed by atoms with E-state index in [1.807, 2.05) is 0 Å². The van der Waals surface area contributed by atoms with Gasteiger partial charge in [-0.2, -0.15) is 0 Å². The van der Waals surface area contributed by atoms with Crippen LogP contribution in [0.15, 0.2) is 30.3 Å². The molecule has 0 aromatic heterocycles. The van der Waals surface area contributed by atoms with Crippen LogP contribution in [-0.2, 0) is 0 Å². The van der Waals surface area contributed by atoms with Crippen molar-refractivity contribution < 1.29 is 0 Å². The van der Waals surface area contributed by atoms with Gasteiger partial charge in [0.1, 0.15) is 0 Å². The van der Waals surface area contributed by atoms with Crippen molar-refractivity contribution in [3.8, 4) is 0 Å². The van der Waals surface area contributed by atoms with Crippen molar-refractivity contribution in [3.05, 3.63) is 35.9 Å². The molecule has 1 heterocycles. The van der Waals surface area contributed by atoms with E-state index in [0.717, 1.165) is 6.42 Å². The summed E-state index contributed by atoms with van der Waals surface area (Å²) >= 11 is 5.08. The van der Waals surface area contributed by atoms with Gasteiger partial charge in [0.05, 0.1) is 4.99 Å². The van der Waals surface area contributed by atoms with Gasteiger partial charge >= 0.3 is 0 Å². The van der Waals surface area contributed by atoms with Crippen LogP contribution in [0.1, 0.15) is 37.2 Å². The van der Waals surface area contributed by atoms with E-state index in [4.69, 9.17) is 18.0 Å². The number of nitrogens with zero attached hydrogens (tertiary/aromatic N) is 1. The Morgan fingerprint density at radius 3 is 2.68 bits per heavy atom. The van der Waals surface area contributed by atoms with Gasteiger partial charge in [0.15, 0.2) is 0 Å². The molecule has 3 heteroatoms. The van der Waals surface area contributed by atoms with E-state index in [9.17, 15) is 0 Å². The highest BCUT2D eigenvalue weighted by atomic mass is 32.1. The summed E-state index contributed by atoms with van der Waals surface area (Å²) in [5, 5.41) is 0. The largest absolute Gasteiger partial charge is 0.393 e. The first-order valence-corrected chi connectivity index (χ1v) is 7.63. The second-order valence-corrected chi connectivity index (χ2v) is 6.80. The monoisotopic (exact) mass is 274 g/mol. The minimum absolute atomic E-state index is 0.428. The van der Waals surface area contributed by atoms with Crippen molar-refractivity contribution >= 4 is 17.2 Å². The van der Waals surface area contributed by atoms with Gasteiger partial charge in [-0.15, -0.1) is 0 Å². The van der Waals surface area contributed by atoms with Crippen LogP contribution in [0, 0.1) is 5.41 Å². The van der Waals surface area contributed by atoms with Crippen molar-refractivity contribution in [3.63, 3.8) is 0 Å². The molecular weight excluding hydrogens is 252 g/mol. The first-order valence-electron chi connectivity index (χ1n) is 7.23. The quantitative estimate of drug-likeness (QED) is 0.837. The molecule has 0 amide bonds. The SMILES string of the molecule is NC(=S)CC1(CN2CCC(c3ccccc3)C2)CC1. The highest BCUT2D eigenvalue weighted by molar-refractivity contribution is 7.80. The Hall–Kier alpha value is -0.930. The van der Waals surface area contributed by atoms with Crippen molar-refractivity contribution in [1.29, 1.82) is 0 Å². The predicted octanol–water partition coefficient (Wildman–Crippen LogP) is 2.93. The zero-order valence-electron chi connectivity index (χ0n) is 11.3. The molecule has 1 atom stereocenters. The Kier molecular flexibility index (Phi) is 3.59. The molecular formula is C16H22N2S. The number of thiocarbonyl (C=S) groups is 1. The van der Waals surface area contributed by atoms with E-state index in [1.54, 1.807) is 0 Å². The van der Waals surface area contributed by atoms with Crippen LogP contribution in [-0.4, -0.2) is 29.5 Å². The summed E-state index contributed by atoms with van der Waals surface area (Å²) in [4.78, 5) is 3.31. The minimum Gasteiger partial charge on any atom is -0.393 e. The average molecular weight is 274 g/mol. The predicted molar refractivity (Wildman–Crippen MR) is 83.3 cm³/mol. The fraction of sp³-hybridized carbons (Fsp3) is 0.562. The summed E-state index contributed by atoms with van der Waals surface area (Å²) in [7, 11) is 0. The maximum absolute atomic E-state index is 5.72. The van der Waals surface area contributed by atoms with Gasteiger partial charge in [-0.05, 0) is 42.7 Å². The Labute approximate surface area is 121 Å². The fourth-order valence-electron chi connectivity index (χ4n) is 3.39. The summed E-state index contributed by atoms with van der Waals surface area (Å²) < 4.78 is 0. The molecule has 1 aliphatic heterocycles. The topological polar surface area (TPSA) is 29.3 Å². The molecule has 1 aliphatic carbocycles. The van der Waals surface area contributed by atoms with Crippen molar-refractivity contribution in [2.24, 2.45) is 11.1 Å². The lowest BCUT2D eigenvalue weighted by Crippen LogP contribution is -2.30. The Balaban J connectivity index is 1.57. The molecule has 2 N–H and O–H groups in total. The van der Waals surface area contributed by atoms with E-state index < -0.39 is 0 Å². The Morgan fingerprint density at radius 2 is 2.05 bits per heavy atom. The van der Waals surface area contributed by atoms with Gasteiger partial charge < -0.3 is 10.6 Å². The summed E-state index contributed by atoms with van der Waals surface area (Å²) in [6.45, 7) is 3.61. The molecule has 102 valence electrons. The fourth-order valence-corrected chi connectivity index (χ4v) is 3.69. The highest BCUT2D eigenvalue weighted by Gasteiger charge is 2.45. The second-order valence-electron chi connectivity index (χ2n) is 6.27. The van der Waals surface area contributed by atoms with Crippen molar-refractivity contribution in [2.75, 3.05) is 19.6 Å². The molecule has 0 radical (unpaired) electrons. The van der Waals surface area contributed by atoms with Gasteiger partial charge in [0, 0.05) is 19.5 Å². The molecule has 1 aromatic rings. The molecule has 1 saturated carbocycles. The van der Waals surface area contributed by atoms with Crippen LogP contribution in [0.5, 0.6) is 0 Å². The van der Waals surface area contributed by atoms with Gasteiger partial charge in [0.25, 0.3) is 0 Å². The summed E-state index contributed by atoms with van der Waals surface area (Å²) in [5.41, 5.74) is 7.64. The van der Waals surface area contributed by atoms with E-state index in [2.05, 4.69) is 35.2 Å². The third kappa shape index (κ3) is 3.15. The maximum atomic E-state index is 5.72. The van der Waals surface area contributed by atoms with Crippen LogP contribution < -0.4 is 5.73 Å². The lowest BCUT2D eigenvalue weighted by molar-refractivity contribution is 0.265. The van der Waals surface area contributed by atoms with Gasteiger partial charge in [-0.1, -0.05) is 42.5 Å². The van der Waals surface area contributed by atoms with E-state index >= 15 is 0 Å². The highest BCUT2D eigenvalue weighted by Crippen LogP contribution is 2.50. The van der Waals surface area contributed by atoms with Gasteiger partial charge in [-0.25, -0.2) is 0 Å². The van der Waals surface area contributed by atoms with Crippen LogP contribution >= 0.6 is 12.2 Å². The first kappa shape index (κ1) is 13.1. The van der Waals surface area contributed by atoms with Crippen LogP contribution in [0.3, 0.4) is 0 Å². The molecule has 1 unspecified atom stereocenters. The lowest BCUT2D eigenvalue weighted by Gasteiger charge is -2.23. The third-order valence-corrected chi connectivity index (χ3v) is 4.75. The first-order chi connectivity index (χ1) is 9.17. The number of likely N-dealkylation sites (tertiary alicyclic amines) is 1. The molecule has 3 rings (SSSR count). The second kappa shape index (κ2) is 5.22. The molecule has 1 aromatic carbocycles. The van der Waals surface area contributed by atoms with E-state index in [1.165, 1.54) is 44.5 Å². The van der Waals surface area contributed by atoms with Crippen LogP contribution in [0.25, 0.3) is 0 Å². The summed E-state index contributed by atoms with van der Waals surface area (Å²) in [6.07, 6.45) is 4.83. The van der Waals surface area contributed by atoms with Crippen LogP contribution in [0.2, 0.25) is 0 Å². The van der Waals surface area contributed by atoms with Gasteiger partial charge in [0.2, 0.25) is 0 Å². The van der Waals surface area contributed by atoms with Crippen molar-refractivity contribution in [2.45, 2.75) is 31.6 Å². The third-order valence-electron chi connectivity index (χ3n) is 4.61. The number of nitrogens with two attached hydrogens (primary N) is 1. The number of benzene rings is 1. The Bertz CT molecular complexity index is 453. The molecule has 2 aliphatic rings. The number of rotatable bonds is 5. The maximum Gasteiger partial charge on any atom is 0.0733 e. The number of hydrogen-bond acceptors (Lipinski definition) is 2. The Morgan fingerprint density at radius 1 is 1.32 bits per heavy atom. The molecule has 1 saturated heterocycles. The molecule has 0 bridgehead atoms. The zero-order valence-corrected chi connectivity index (χ0v) is 12.2. The minimum atomic E-state index is 0.428. The smallest absolute Gasteiger partial charge is 0.0733 e. The lowest BCUT2D eigenvalue weighted by atomic mass is 9.98. The zero-order chi connectivity index (χ0) is 13.3. The summed E-state index contributed by atoms with van der Waals surface area (Å²) in [6, 6.07) is 10.9. The molecule has 2 nitrogen and oxygen atoms in total. The normalized spacial score (nSPS) is 25.4. The molecule has 0 spiro atoms. The molecule has 19 heavy (non-hydrogen) atoms.